The van der Waals surface area contributed by atoms with Crippen LogP contribution >= 0.6 is 0 Å². The monoisotopic (exact) mass is 281 g/mol. The Morgan fingerprint density at radius 3 is 2.75 bits per heavy atom. The lowest BCUT2D eigenvalue weighted by atomic mass is 10.2. The molecule has 20 heavy (non-hydrogen) atoms. The molecule has 0 aliphatic heterocycles. The number of aromatic hydroxyl groups is 1. The Kier molecular flexibility index (Phi) is 8.02. The van der Waals surface area contributed by atoms with E-state index in [0.717, 1.165) is 56.9 Å². The van der Waals surface area contributed by atoms with Crippen molar-refractivity contribution in [2.24, 2.45) is 5.73 Å². The predicted molar refractivity (Wildman–Crippen MR) is 82.2 cm³/mol. The molecule has 1 aromatic rings. The van der Waals surface area contributed by atoms with E-state index in [1.165, 1.54) is 0 Å². The first-order valence-electron chi connectivity index (χ1n) is 7.12. The van der Waals surface area contributed by atoms with Gasteiger partial charge in [0.2, 0.25) is 0 Å². The fourth-order valence-electron chi connectivity index (χ4n) is 2.05. The van der Waals surface area contributed by atoms with Crippen molar-refractivity contribution in [2.45, 2.75) is 19.4 Å². The third kappa shape index (κ3) is 6.23. The topological polar surface area (TPSA) is 70.8 Å². The van der Waals surface area contributed by atoms with Gasteiger partial charge in [0.05, 0.1) is 7.11 Å². The molecule has 1 rings (SSSR count). The summed E-state index contributed by atoms with van der Waals surface area (Å²) < 4.78 is 5.25. The quantitative estimate of drug-likeness (QED) is 0.561. The fourth-order valence-corrected chi connectivity index (χ4v) is 2.05. The van der Waals surface area contributed by atoms with Crippen molar-refractivity contribution in [2.75, 3.05) is 40.3 Å². The van der Waals surface area contributed by atoms with Crippen molar-refractivity contribution in [1.82, 2.24) is 10.2 Å². The van der Waals surface area contributed by atoms with Crippen LogP contribution in [0.3, 0.4) is 0 Å². The maximum atomic E-state index is 9.40. The molecule has 0 aromatic heterocycles. The highest BCUT2D eigenvalue weighted by Gasteiger charge is 2.03. The van der Waals surface area contributed by atoms with Gasteiger partial charge in [0.1, 0.15) is 11.5 Å². The van der Waals surface area contributed by atoms with Crippen LogP contribution in [0.15, 0.2) is 18.2 Å². The number of rotatable bonds is 10. The Hall–Kier alpha value is -1.30. The molecule has 1 aromatic carbocycles. The van der Waals surface area contributed by atoms with Crippen molar-refractivity contribution in [1.29, 1.82) is 0 Å². The van der Waals surface area contributed by atoms with Gasteiger partial charge in [-0.2, -0.15) is 0 Å². The molecule has 5 nitrogen and oxygen atoms in total. The summed E-state index contributed by atoms with van der Waals surface area (Å²) in [4.78, 5) is 2.30. The SMILES string of the molecule is COc1cc(O)ccc1CNCCCN(C)CCCN. The van der Waals surface area contributed by atoms with E-state index in [2.05, 4.69) is 17.3 Å². The molecular weight excluding hydrogens is 254 g/mol. The number of hydrogen-bond acceptors (Lipinski definition) is 5. The first-order valence-corrected chi connectivity index (χ1v) is 7.12. The van der Waals surface area contributed by atoms with Gasteiger partial charge < -0.3 is 25.8 Å². The maximum absolute atomic E-state index is 9.40. The summed E-state index contributed by atoms with van der Waals surface area (Å²) in [7, 11) is 3.74. The summed E-state index contributed by atoms with van der Waals surface area (Å²) >= 11 is 0. The smallest absolute Gasteiger partial charge is 0.127 e. The third-order valence-electron chi connectivity index (χ3n) is 3.22. The normalized spacial score (nSPS) is 11.0. The molecule has 0 saturated carbocycles. The van der Waals surface area contributed by atoms with Gasteiger partial charge >= 0.3 is 0 Å². The highest BCUT2D eigenvalue weighted by molar-refractivity contribution is 5.39. The van der Waals surface area contributed by atoms with Gasteiger partial charge in [0.15, 0.2) is 0 Å². The number of ether oxygens (including phenoxy) is 1. The van der Waals surface area contributed by atoms with Crippen LogP contribution in [0.4, 0.5) is 0 Å². The zero-order valence-electron chi connectivity index (χ0n) is 12.6. The average molecular weight is 281 g/mol. The molecule has 0 unspecified atom stereocenters. The molecule has 0 heterocycles. The molecule has 0 spiro atoms. The Bertz CT molecular complexity index is 385. The van der Waals surface area contributed by atoms with Crippen molar-refractivity contribution >= 4 is 0 Å². The first kappa shape index (κ1) is 16.8. The van der Waals surface area contributed by atoms with E-state index in [4.69, 9.17) is 10.5 Å². The molecule has 0 aliphatic rings. The maximum Gasteiger partial charge on any atom is 0.127 e. The minimum atomic E-state index is 0.229. The average Bonchev–Trinajstić information content (AvgIpc) is 2.45. The summed E-state index contributed by atoms with van der Waals surface area (Å²) in [5.41, 5.74) is 6.54. The lowest BCUT2D eigenvalue weighted by Gasteiger charge is -2.16. The summed E-state index contributed by atoms with van der Waals surface area (Å²) in [6.45, 7) is 4.58. The number of phenolic OH excluding ortho intramolecular Hbond substituents is 1. The van der Waals surface area contributed by atoms with Gasteiger partial charge in [0, 0.05) is 18.2 Å². The summed E-state index contributed by atoms with van der Waals surface area (Å²) in [5, 5.41) is 12.8. The predicted octanol–water partition coefficient (Wildman–Crippen LogP) is 1.16. The molecule has 0 bridgehead atoms. The highest BCUT2D eigenvalue weighted by Crippen LogP contribution is 2.23. The molecule has 0 radical (unpaired) electrons. The van der Waals surface area contributed by atoms with Crippen molar-refractivity contribution in [3.63, 3.8) is 0 Å². The number of methoxy groups -OCH3 is 1. The molecule has 0 amide bonds. The molecule has 4 N–H and O–H groups in total. The third-order valence-corrected chi connectivity index (χ3v) is 3.22. The largest absolute Gasteiger partial charge is 0.508 e. The second-order valence-corrected chi connectivity index (χ2v) is 4.97. The number of nitrogens with zero attached hydrogens (tertiary/aromatic N) is 1. The summed E-state index contributed by atoms with van der Waals surface area (Å²) in [5.74, 6) is 0.949. The van der Waals surface area contributed by atoms with Crippen LogP contribution in [0.1, 0.15) is 18.4 Å². The number of benzene rings is 1. The lowest BCUT2D eigenvalue weighted by molar-refractivity contribution is 0.324. The van der Waals surface area contributed by atoms with E-state index in [9.17, 15) is 5.11 Å². The minimum Gasteiger partial charge on any atom is -0.508 e. The standard InChI is InChI=1S/C15H27N3O2/c1-18(9-3-7-16)10-4-8-17-12-13-5-6-14(19)11-15(13)20-2/h5-6,11,17,19H,3-4,7-10,12,16H2,1-2H3. The van der Waals surface area contributed by atoms with Crippen LogP contribution in [-0.4, -0.2) is 50.3 Å². The number of hydrogen-bond donors (Lipinski definition) is 3. The van der Waals surface area contributed by atoms with Crippen LogP contribution in [-0.2, 0) is 6.54 Å². The van der Waals surface area contributed by atoms with Crippen LogP contribution in [0.2, 0.25) is 0 Å². The Balaban J connectivity index is 2.21. The Morgan fingerprint density at radius 2 is 2.05 bits per heavy atom. The van der Waals surface area contributed by atoms with E-state index in [-0.39, 0.29) is 5.75 Å². The first-order chi connectivity index (χ1) is 9.67. The van der Waals surface area contributed by atoms with Gasteiger partial charge in [-0.3, -0.25) is 0 Å². The number of nitrogens with one attached hydrogen (secondary N) is 1. The fraction of sp³-hybridized carbons (Fsp3) is 0.600. The van der Waals surface area contributed by atoms with Gasteiger partial charge in [0.25, 0.3) is 0 Å². The summed E-state index contributed by atoms with van der Waals surface area (Å²) in [6, 6.07) is 5.20. The van der Waals surface area contributed by atoms with Crippen molar-refractivity contribution in [3.05, 3.63) is 23.8 Å². The molecular formula is C15H27N3O2. The van der Waals surface area contributed by atoms with Crippen molar-refractivity contribution < 1.29 is 9.84 Å². The molecule has 0 saturated heterocycles. The molecule has 114 valence electrons. The van der Waals surface area contributed by atoms with E-state index in [0.29, 0.717) is 0 Å². The van der Waals surface area contributed by atoms with Gasteiger partial charge in [-0.05, 0) is 52.1 Å². The molecule has 0 fully saturated rings. The number of nitrogens with two attached hydrogens (primary N) is 1. The van der Waals surface area contributed by atoms with Gasteiger partial charge in [-0.1, -0.05) is 6.07 Å². The van der Waals surface area contributed by atoms with E-state index in [1.807, 2.05) is 6.07 Å². The zero-order chi connectivity index (χ0) is 14.8. The van der Waals surface area contributed by atoms with E-state index < -0.39 is 0 Å². The van der Waals surface area contributed by atoms with Crippen molar-refractivity contribution in [3.8, 4) is 11.5 Å². The molecule has 0 atom stereocenters. The van der Waals surface area contributed by atoms with E-state index >= 15 is 0 Å². The van der Waals surface area contributed by atoms with Crippen LogP contribution < -0.4 is 15.8 Å². The lowest BCUT2D eigenvalue weighted by Crippen LogP contribution is -2.26. The van der Waals surface area contributed by atoms with Crippen LogP contribution in [0.25, 0.3) is 0 Å². The van der Waals surface area contributed by atoms with E-state index in [1.54, 1.807) is 19.2 Å². The molecule has 0 aliphatic carbocycles. The minimum absolute atomic E-state index is 0.229. The Morgan fingerprint density at radius 1 is 1.30 bits per heavy atom. The van der Waals surface area contributed by atoms with Crippen LogP contribution in [0.5, 0.6) is 11.5 Å². The second kappa shape index (κ2) is 9.58. The van der Waals surface area contributed by atoms with Gasteiger partial charge in [-0.15, -0.1) is 0 Å². The Labute approximate surface area is 121 Å². The zero-order valence-corrected chi connectivity index (χ0v) is 12.6. The van der Waals surface area contributed by atoms with Gasteiger partial charge in [-0.25, -0.2) is 0 Å². The highest BCUT2D eigenvalue weighted by atomic mass is 16.5. The molecule has 5 heteroatoms. The summed E-state index contributed by atoms with van der Waals surface area (Å²) in [6.07, 6.45) is 2.15. The number of phenols is 1. The second-order valence-electron chi connectivity index (χ2n) is 4.97. The van der Waals surface area contributed by atoms with Crippen LogP contribution in [0, 0.1) is 0 Å².